The molecule has 4 N–H and O–H groups in total. The zero-order chi connectivity index (χ0) is 16.8. The summed E-state index contributed by atoms with van der Waals surface area (Å²) in [4.78, 5) is 26.9. The topological polar surface area (TPSA) is 86.0 Å². The number of nitrogens with one attached hydrogen (secondary N) is 4. The summed E-state index contributed by atoms with van der Waals surface area (Å²) in [6, 6.07) is 16.9. The fraction of sp³-hybridized carbons (Fsp3) is 0.111. The molecule has 6 nitrogen and oxygen atoms in total. The third-order valence-corrected chi connectivity index (χ3v) is 3.67. The van der Waals surface area contributed by atoms with Crippen molar-refractivity contribution in [1.29, 1.82) is 0 Å². The van der Waals surface area contributed by atoms with E-state index in [9.17, 15) is 9.59 Å². The van der Waals surface area contributed by atoms with Crippen molar-refractivity contribution >= 4 is 22.8 Å². The van der Waals surface area contributed by atoms with Crippen LogP contribution in [0.3, 0.4) is 0 Å². The predicted molar refractivity (Wildman–Crippen MR) is 92.4 cm³/mol. The Kier molecular flexibility index (Phi) is 4.76. The third-order valence-electron chi connectivity index (χ3n) is 3.67. The molecule has 0 saturated carbocycles. The van der Waals surface area contributed by atoms with Crippen molar-refractivity contribution in [3.63, 3.8) is 0 Å². The normalized spacial score (nSPS) is 10.3. The third kappa shape index (κ3) is 3.73. The molecule has 2 aromatic carbocycles. The number of urea groups is 1. The lowest BCUT2D eigenvalue weighted by atomic mass is 10.1. The van der Waals surface area contributed by atoms with Gasteiger partial charge in [0.15, 0.2) is 0 Å². The van der Waals surface area contributed by atoms with Crippen LogP contribution in [0.25, 0.3) is 10.9 Å². The van der Waals surface area contributed by atoms with Crippen molar-refractivity contribution in [2.45, 2.75) is 6.42 Å². The van der Waals surface area contributed by atoms with Gasteiger partial charge in [0.2, 0.25) is 0 Å². The Hall–Kier alpha value is -3.28. The van der Waals surface area contributed by atoms with Gasteiger partial charge < -0.3 is 10.3 Å². The molecule has 0 aliphatic rings. The number of aromatic nitrogens is 1. The molecule has 1 aromatic heterocycles. The van der Waals surface area contributed by atoms with E-state index < -0.39 is 6.03 Å². The summed E-state index contributed by atoms with van der Waals surface area (Å²) >= 11 is 0. The van der Waals surface area contributed by atoms with Gasteiger partial charge in [-0.2, -0.15) is 0 Å². The maximum Gasteiger partial charge on any atom is 0.333 e. The minimum absolute atomic E-state index is 0.370. The van der Waals surface area contributed by atoms with Crippen LogP contribution in [0, 0.1) is 0 Å². The molecule has 0 unspecified atom stereocenters. The molecule has 1 heterocycles. The SMILES string of the molecule is O=C(NCCc1ccccc1)NNC(=O)c1c[nH]c2ccccc12. The van der Waals surface area contributed by atoms with Gasteiger partial charge in [-0.3, -0.25) is 10.2 Å². The largest absolute Gasteiger partial charge is 0.360 e. The fourth-order valence-corrected chi connectivity index (χ4v) is 2.45. The van der Waals surface area contributed by atoms with Crippen molar-refractivity contribution in [1.82, 2.24) is 21.2 Å². The van der Waals surface area contributed by atoms with Crippen LogP contribution in [0.5, 0.6) is 0 Å². The lowest BCUT2D eigenvalue weighted by Crippen LogP contribution is -2.47. The molecule has 24 heavy (non-hydrogen) atoms. The first kappa shape index (κ1) is 15.6. The van der Waals surface area contributed by atoms with Gasteiger partial charge in [-0.1, -0.05) is 48.5 Å². The number of benzene rings is 2. The van der Waals surface area contributed by atoms with Gasteiger partial charge in [0.05, 0.1) is 5.56 Å². The van der Waals surface area contributed by atoms with Crippen molar-refractivity contribution in [2.24, 2.45) is 0 Å². The number of hydrazine groups is 1. The van der Waals surface area contributed by atoms with E-state index in [1.54, 1.807) is 6.20 Å². The van der Waals surface area contributed by atoms with Crippen molar-refractivity contribution < 1.29 is 9.59 Å². The average molecular weight is 322 g/mol. The summed E-state index contributed by atoms with van der Waals surface area (Å²) in [7, 11) is 0. The standard InChI is InChI=1S/C18H18N4O2/c23-17(15-12-20-16-9-5-4-8-14(15)16)21-22-18(24)19-11-10-13-6-2-1-3-7-13/h1-9,12,20H,10-11H2,(H,21,23)(H2,19,22,24). The second-order valence-electron chi connectivity index (χ2n) is 5.32. The highest BCUT2D eigenvalue weighted by molar-refractivity contribution is 6.06. The summed E-state index contributed by atoms with van der Waals surface area (Å²) in [5, 5.41) is 3.50. The first-order chi connectivity index (χ1) is 11.7. The minimum atomic E-state index is -0.445. The van der Waals surface area contributed by atoms with Gasteiger partial charge in [0.25, 0.3) is 5.91 Å². The Balaban J connectivity index is 1.46. The molecule has 3 rings (SSSR count). The van der Waals surface area contributed by atoms with Gasteiger partial charge in [0.1, 0.15) is 0 Å². The summed E-state index contributed by atoms with van der Waals surface area (Å²) in [6.45, 7) is 0.485. The number of aromatic amines is 1. The van der Waals surface area contributed by atoms with Gasteiger partial charge in [-0.15, -0.1) is 0 Å². The van der Waals surface area contributed by atoms with Gasteiger partial charge >= 0.3 is 6.03 Å². The van der Waals surface area contributed by atoms with Crippen LogP contribution in [0.2, 0.25) is 0 Å². The van der Waals surface area contributed by atoms with E-state index in [4.69, 9.17) is 0 Å². The number of amides is 3. The molecule has 0 fully saturated rings. The lowest BCUT2D eigenvalue weighted by Gasteiger charge is -2.08. The molecule has 6 heteroatoms. The van der Waals surface area contributed by atoms with Crippen LogP contribution in [-0.4, -0.2) is 23.5 Å². The molecular weight excluding hydrogens is 304 g/mol. The number of carbonyl (C=O) groups excluding carboxylic acids is 2. The molecule has 0 spiro atoms. The van der Waals surface area contributed by atoms with Crippen LogP contribution in [0.1, 0.15) is 15.9 Å². The maximum absolute atomic E-state index is 12.1. The Labute approximate surface area is 139 Å². The average Bonchev–Trinajstić information content (AvgIpc) is 3.05. The van der Waals surface area contributed by atoms with Crippen molar-refractivity contribution in [3.05, 3.63) is 71.9 Å². The van der Waals surface area contributed by atoms with Gasteiger partial charge in [-0.05, 0) is 18.1 Å². The molecule has 3 amide bonds. The van der Waals surface area contributed by atoms with E-state index in [0.717, 1.165) is 22.9 Å². The van der Waals surface area contributed by atoms with Crippen molar-refractivity contribution in [2.75, 3.05) is 6.54 Å². The summed E-state index contributed by atoms with van der Waals surface area (Å²) in [5.74, 6) is -0.370. The number of para-hydroxylation sites is 1. The molecule has 0 radical (unpaired) electrons. The number of rotatable bonds is 4. The number of hydrogen-bond acceptors (Lipinski definition) is 2. The van der Waals surface area contributed by atoms with Gasteiger partial charge in [-0.25, -0.2) is 10.2 Å². The smallest absolute Gasteiger partial charge is 0.333 e. The number of fused-ring (bicyclic) bond motifs is 1. The molecule has 122 valence electrons. The molecule has 0 aliphatic carbocycles. The summed E-state index contributed by atoms with van der Waals surface area (Å²) in [5.41, 5.74) is 7.25. The Morgan fingerprint density at radius 3 is 2.50 bits per heavy atom. The summed E-state index contributed by atoms with van der Waals surface area (Å²) in [6.07, 6.45) is 2.35. The molecule has 0 atom stereocenters. The minimum Gasteiger partial charge on any atom is -0.360 e. The van der Waals surface area contributed by atoms with E-state index in [1.165, 1.54) is 0 Å². The second kappa shape index (κ2) is 7.32. The van der Waals surface area contributed by atoms with E-state index in [1.807, 2.05) is 54.6 Å². The molecule has 3 aromatic rings. The highest BCUT2D eigenvalue weighted by Crippen LogP contribution is 2.16. The number of hydrogen-bond donors (Lipinski definition) is 4. The lowest BCUT2D eigenvalue weighted by molar-refractivity contribution is 0.0938. The highest BCUT2D eigenvalue weighted by Gasteiger charge is 2.12. The first-order valence-corrected chi connectivity index (χ1v) is 7.68. The number of H-pyrrole nitrogens is 1. The fourth-order valence-electron chi connectivity index (χ4n) is 2.45. The molecular formula is C18H18N4O2. The van der Waals surface area contributed by atoms with Crippen molar-refractivity contribution in [3.8, 4) is 0 Å². The van der Waals surface area contributed by atoms with Crippen LogP contribution in [-0.2, 0) is 6.42 Å². The van der Waals surface area contributed by atoms with Crippen LogP contribution >= 0.6 is 0 Å². The van der Waals surface area contributed by atoms with Crippen LogP contribution in [0.15, 0.2) is 60.8 Å². The quantitative estimate of drug-likeness (QED) is 0.556. The Morgan fingerprint density at radius 2 is 1.67 bits per heavy atom. The molecule has 0 aliphatic heterocycles. The number of carbonyl (C=O) groups is 2. The van der Waals surface area contributed by atoms with E-state index >= 15 is 0 Å². The molecule has 0 saturated heterocycles. The Morgan fingerprint density at radius 1 is 0.917 bits per heavy atom. The van der Waals surface area contributed by atoms with E-state index in [2.05, 4.69) is 21.2 Å². The van der Waals surface area contributed by atoms with Gasteiger partial charge in [0, 0.05) is 23.6 Å². The zero-order valence-electron chi connectivity index (χ0n) is 13.0. The zero-order valence-corrected chi connectivity index (χ0v) is 13.0. The first-order valence-electron chi connectivity index (χ1n) is 7.68. The van der Waals surface area contributed by atoms with Crippen LogP contribution < -0.4 is 16.2 Å². The van der Waals surface area contributed by atoms with Crippen LogP contribution in [0.4, 0.5) is 4.79 Å². The monoisotopic (exact) mass is 322 g/mol. The van der Waals surface area contributed by atoms with E-state index in [0.29, 0.717) is 12.1 Å². The van der Waals surface area contributed by atoms with E-state index in [-0.39, 0.29) is 5.91 Å². The maximum atomic E-state index is 12.1. The Bertz CT molecular complexity index is 842. The molecule has 0 bridgehead atoms. The second-order valence-corrected chi connectivity index (χ2v) is 5.32. The highest BCUT2D eigenvalue weighted by atomic mass is 16.2. The summed E-state index contributed by atoms with van der Waals surface area (Å²) < 4.78 is 0. The predicted octanol–water partition coefficient (Wildman–Crippen LogP) is 2.35.